The maximum Gasteiger partial charge on any atom is 0.254 e. The van der Waals surface area contributed by atoms with Crippen LogP contribution in [0.3, 0.4) is 0 Å². The Morgan fingerprint density at radius 3 is 2.58 bits per heavy atom. The minimum absolute atomic E-state index is 0.0149. The molecule has 1 aromatic carbocycles. The molecular weight excluding hydrogens is 412 g/mol. The number of benzene rings is 1. The predicted molar refractivity (Wildman–Crippen MR) is 129 cm³/mol. The molecule has 0 bridgehead atoms. The first-order valence-corrected chi connectivity index (χ1v) is 11.6. The quantitative estimate of drug-likeness (QED) is 0.423. The van der Waals surface area contributed by atoms with Gasteiger partial charge in [-0.1, -0.05) is 18.2 Å². The maximum atomic E-state index is 13.7. The van der Waals surface area contributed by atoms with Crippen LogP contribution in [-0.4, -0.2) is 42.4 Å². The number of hydrogen-bond acceptors (Lipinski definition) is 4. The number of nitrogens with zero attached hydrogens (tertiary/aromatic N) is 6. The zero-order valence-electron chi connectivity index (χ0n) is 19.9. The van der Waals surface area contributed by atoms with Gasteiger partial charge in [0.2, 0.25) is 0 Å². The van der Waals surface area contributed by atoms with Gasteiger partial charge in [0.25, 0.3) is 5.91 Å². The van der Waals surface area contributed by atoms with E-state index in [1.165, 1.54) is 0 Å². The predicted octanol–water partition coefficient (Wildman–Crippen LogP) is 4.96. The van der Waals surface area contributed by atoms with Crippen molar-refractivity contribution in [3.05, 3.63) is 70.8 Å². The molecule has 1 saturated carbocycles. The van der Waals surface area contributed by atoms with Crippen molar-refractivity contribution in [2.45, 2.75) is 59.0 Å². The van der Waals surface area contributed by atoms with Gasteiger partial charge in [-0.15, -0.1) is 0 Å². The Balaban J connectivity index is 1.49. The van der Waals surface area contributed by atoms with Crippen molar-refractivity contribution in [3.8, 4) is 5.69 Å². The molecule has 0 radical (unpaired) electrons. The summed E-state index contributed by atoms with van der Waals surface area (Å²) in [5.41, 5.74) is 6.56. The average Bonchev–Trinajstić information content (AvgIpc) is 3.51. The molecule has 3 aromatic heterocycles. The van der Waals surface area contributed by atoms with Gasteiger partial charge in [0, 0.05) is 42.5 Å². The Kier molecular flexibility index (Phi) is 5.27. The van der Waals surface area contributed by atoms with Gasteiger partial charge < -0.3 is 4.90 Å². The Hall–Kier alpha value is -3.48. The lowest BCUT2D eigenvalue weighted by molar-refractivity contribution is 0.0786. The minimum Gasteiger partial charge on any atom is -0.337 e. The number of aromatic nitrogens is 5. The van der Waals surface area contributed by atoms with Gasteiger partial charge in [0.1, 0.15) is 0 Å². The second kappa shape index (κ2) is 8.14. The summed E-state index contributed by atoms with van der Waals surface area (Å²) in [6.45, 7) is 8.72. The highest BCUT2D eigenvalue weighted by molar-refractivity contribution is 6.05. The number of amides is 1. The Morgan fingerprint density at radius 2 is 1.91 bits per heavy atom. The van der Waals surface area contributed by atoms with Gasteiger partial charge in [0.05, 0.1) is 28.5 Å². The third-order valence-corrected chi connectivity index (χ3v) is 6.49. The fourth-order valence-corrected chi connectivity index (χ4v) is 4.42. The van der Waals surface area contributed by atoms with Crippen LogP contribution in [0.2, 0.25) is 0 Å². The second-order valence-corrected chi connectivity index (χ2v) is 9.35. The van der Waals surface area contributed by atoms with E-state index < -0.39 is 0 Å². The van der Waals surface area contributed by atoms with E-state index in [9.17, 15) is 4.79 Å². The summed E-state index contributed by atoms with van der Waals surface area (Å²) < 4.78 is 3.86. The van der Waals surface area contributed by atoms with Crippen LogP contribution in [0.25, 0.3) is 16.7 Å². The molecule has 0 aliphatic heterocycles. The molecule has 33 heavy (non-hydrogen) atoms. The van der Waals surface area contributed by atoms with Crippen LogP contribution in [-0.2, 0) is 6.54 Å². The van der Waals surface area contributed by atoms with E-state index in [1.807, 2.05) is 59.7 Å². The van der Waals surface area contributed by atoms with Gasteiger partial charge in [-0.05, 0) is 58.7 Å². The molecule has 1 amide bonds. The first-order valence-electron chi connectivity index (χ1n) is 11.6. The molecule has 3 heterocycles. The fourth-order valence-electron chi connectivity index (χ4n) is 4.42. The number of para-hydroxylation sites is 1. The molecule has 7 nitrogen and oxygen atoms in total. The molecule has 1 aliphatic rings. The lowest BCUT2D eigenvalue weighted by Gasteiger charge is -2.19. The van der Waals surface area contributed by atoms with E-state index in [0.717, 1.165) is 52.2 Å². The van der Waals surface area contributed by atoms with E-state index in [2.05, 4.69) is 25.9 Å². The molecule has 0 spiro atoms. The highest BCUT2D eigenvalue weighted by atomic mass is 16.2. The van der Waals surface area contributed by atoms with E-state index in [-0.39, 0.29) is 11.9 Å². The van der Waals surface area contributed by atoms with E-state index in [1.54, 1.807) is 11.1 Å². The lowest BCUT2D eigenvalue weighted by atomic mass is 10.1. The number of aryl methyl sites for hydroxylation is 1. The summed E-state index contributed by atoms with van der Waals surface area (Å²) >= 11 is 0. The fraction of sp³-hybridized carbons (Fsp3) is 0.385. The van der Waals surface area contributed by atoms with Crippen molar-refractivity contribution in [1.29, 1.82) is 0 Å². The first kappa shape index (κ1) is 21.4. The standard InChI is InChI=1S/C26H30N6O/c1-16(2)31-25-22(14-27-31)21(13-24(28-25)19-11-12-19)26(33)30(5)15-23-17(3)29-32(18(23)4)20-9-7-6-8-10-20/h6-10,13-14,16,19H,11-12,15H2,1-5H3. The molecule has 4 aromatic rings. The van der Waals surface area contributed by atoms with Crippen LogP contribution in [0, 0.1) is 13.8 Å². The molecule has 0 unspecified atom stereocenters. The summed E-state index contributed by atoms with van der Waals surface area (Å²) in [6.07, 6.45) is 4.05. The van der Waals surface area contributed by atoms with Gasteiger partial charge in [-0.25, -0.2) is 14.3 Å². The van der Waals surface area contributed by atoms with Crippen molar-refractivity contribution in [3.63, 3.8) is 0 Å². The second-order valence-electron chi connectivity index (χ2n) is 9.35. The van der Waals surface area contributed by atoms with Gasteiger partial charge >= 0.3 is 0 Å². The first-order chi connectivity index (χ1) is 15.8. The Morgan fingerprint density at radius 1 is 1.18 bits per heavy atom. The van der Waals surface area contributed by atoms with Crippen LogP contribution in [0.1, 0.15) is 71.7 Å². The molecule has 0 saturated heterocycles. The van der Waals surface area contributed by atoms with E-state index in [0.29, 0.717) is 18.0 Å². The van der Waals surface area contributed by atoms with Crippen molar-refractivity contribution >= 4 is 16.9 Å². The molecule has 1 fully saturated rings. The van der Waals surface area contributed by atoms with Gasteiger partial charge in [-0.2, -0.15) is 10.2 Å². The largest absolute Gasteiger partial charge is 0.337 e. The molecule has 1 aliphatic carbocycles. The number of carbonyl (C=O) groups excluding carboxylic acids is 1. The lowest BCUT2D eigenvalue weighted by Crippen LogP contribution is -2.27. The molecule has 0 N–H and O–H groups in total. The topological polar surface area (TPSA) is 68.8 Å². The number of pyridine rings is 1. The molecule has 5 rings (SSSR count). The molecule has 7 heteroatoms. The number of hydrogen-bond donors (Lipinski definition) is 0. The minimum atomic E-state index is -0.0149. The van der Waals surface area contributed by atoms with Crippen molar-refractivity contribution in [2.24, 2.45) is 0 Å². The van der Waals surface area contributed by atoms with E-state index in [4.69, 9.17) is 10.1 Å². The van der Waals surface area contributed by atoms with Gasteiger partial charge in [0.15, 0.2) is 5.65 Å². The van der Waals surface area contributed by atoms with Crippen LogP contribution < -0.4 is 0 Å². The Labute approximate surface area is 194 Å². The van der Waals surface area contributed by atoms with Crippen LogP contribution >= 0.6 is 0 Å². The molecule has 170 valence electrons. The highest BCUT2D eigenvalue weighted by Gasteiger charge is 2.29. The zero-order valence-corrected chi connectivity index (χ0v) is 19.9. The van der Waals surface area contributed by atoms with Crippen LogP contribution in [0.5, 0.6) is 0 Å². The highest BCUT2D eigenvalue weighted by Crippen LogP contribution is 2.40. The zero-order chi connectivity index (χ0) is 23.3. The van der Waals surface area contributed by atoms with Gasteiger partial charge in [-0.3, -0.25) is 4.79 Å². The molecular formula is C26H30N6O. The third-order valence-electron chi connectivity index (χ3n) is 6.49. The summed E-state index contributed by atoms with van der Waals surface area (Å²) in [5.74, 6) is 0.439. The SMILES string of the molecule is Cc1nn(-c2ccccc2)c(C)c1CN(C)C(=O)c1cc(C2CC2)nc2c1cnn2C(C)C. The number of rotatable bonds is 6. The van der Waals surface area contributed by atoms with Crippen molar-refractivity contribution < 1.29 is 4.79 Å². The van der Waals surface area contributed by atoms with Crippen molar-refractivity contribution in [2.75, 3.05) is 7.05 Å². The monoisotopic (exact) mass is 442 g/mol. The normalized spacial score (nSPS) is 13.8. The maximum absolute atomic E-state index is 13.7. The smallest absolute Gasteiger partial charge is 0.254 e. The summed E-state index contributed by atoms with van der Waals surface area (Å²) in [7, 11) is 1.86. The van der Waals surface area contributed by atoms with E-state index >= 15 is 0 Å². The summed E-state index contributed by atoms with van der Waals surface area (Å²) in [5, 5.41) is 10.1. The summed E-state index contributed by atoms with van der Waals surface area (Å²) in [4.78, 5) is 20.3. The average molecular weight is 443 g/mol. The number of carbonyl (C=O) groups is 1. The molecule has 0 atom stereocenters. The van der Waals surface area contributed by atoms with Crippen molar-refractivity contribution in [1.82, 2.24) is 29.4 Å². The number of fused-ring (bicyclic) bond motifs is 1. The third kappa shape index (κ3) is 3.81. The van der Waals surface area contributed by atoms with Crippen LogP contribution in [0.4, 0.5) is 0 Å². The summed E-state index contributed by atoms with van der Waals surface area (Å²) in [6, 6.07) is 12.2. The Bertz CT molecular complexity index is 1330. The van der Waals surface area contributed by atoms with Crippen LogP contribution in [0.15, 0.2) is 42.6 Å².